The number of hydrogen-bond donors (Lipinski definition) is 1. The van der Waals surface area contributed by atoms with Gasteiger partial charge in [-0.15, -0.1) is 11.8 Å². The van der Waals surface area contributed by atoms with Crippen LogP contribution in [0.4, 0.5) is 0 Å². The van der Waals surface area contributed by atoms with E-state index in [2.05, 4.69) is 28.7 Å². The van der Waals surface area contributed by atoms with Crippen LogP contribution in [0.25, 0.3) is 0 Å². The van der Waals surface area contributed by atoms with Gasteiger partial charge in [0, 0.05) is 24.7 Å². The van der Waals surface area contributed by atoms with Crippen LogP contribution < -0.4 is 0 Å². The van der Waals surface area contributed by atoms with Gasteiger partial charge in [-0.05, 0) is 6.42 Å². The van der Waals surface area contributed by atoms with Gasteiger partial charge >= 0.3 is 0 Å². The molecule has 0 saturated heterocycles. The number of H-pyrrole nitrogens is 1. The highest BCUT2D eigenvalue weighted by atomic mass is 14.9. The van der Waals surface area contributed by atoms with Crippen molar-refractivity contribution in [2.24, 2.45) is 0 Å². The largest absolute Gasteiger partial charge is 0.348 e. The summed E-state index contributed by atoms with van der Waals surface area (Å²) in [5, 5.41) is 0. The maximum Gasteiger partial charge on any atom is 0.0921 e. The molecule has 1 heterocycles. The lowest BCUT2D eigenvalue weighted by Gasteiger charge is -1.87. The van der Waals surface area contributed by atoms with E-state index in [1.165, 1.54) is 0 Å². The topological polar surface area (TPSA) is 28.7 Å². The Morgan fingerprint density at radius 3 is 2.92 bits per heavy atom. The van der Waals surface area contributed by atoms with Gasteiger partial charge in [0.15, 0.2) is 0 Å². The molecule has 2 nitrogen and oxygen atoms in total. The van der Waals surface area contributed by atoms with Crippen LogP contribution in [0.2, 0.25) is 0 Å². The van der Waals surface area contributed by atoms with E-state index in [-0.39, 0.29) is 7.43 Å². The average Bonchev–Trinajstić information content (AvgIpc) is 2.50. The molecule has 1 N–H and O–H groups in total. The first-order valence-electron chi connectivity index (χ1n) is 3.86. The Hall–Kier alpha value is -1.23. The Morgan fingerprint density at radius 2 is 2.33 bits per heavy atom. The van der Waals surface area contributed by atoms with E-state index >= 15 is 0 Å². The molecule has 0 saturated carbocycles. The van der Waals surface area contributed by atoms with Crippen molar-refractivity contribution < 1.29 is 0 Å². The minimum atomic E-state index is 0. The fourth-order valence-electron chi connectivity index (χ4n) is 0.832. The Bertz CT molecular complexity index is 239. The molecule has 0 aliphatic carbocycles. The van der Waals surface area contributed by atoms with E-state index in [0.29, 0.717) is 0 Å². The first kappa shape index (κ1) is 10.8. The summed E-state index contributed by atoms with van der Waals surface area (Å²) < 4.78 is 0. The van der Waals surface area contributed by atoms with Crippen molar-refractivity contribution in [3.05, 3.63) is 18.2 Å². The number of nitrogens with zero attached hydrogens (tertiary/aromatic N) is 1. The molecule has 12 heavy (non-hydrogen) atoms. The van der Waals surface area contributed by atoms with E-state index in [1.54, 1.807) is 6.33 Å². The van der Waals surface area contributed by atoms with Gasteiger partial charge < -0.3 is 4.98 Å². The smallest absolute Gasteiger partial charge is 0.0921 e. The average molecular weight is 164 g/mol. The summed E-state index contributed by atoms with van der Waals surface area (Å²) in [6.07, 6.45) is 6.39. The van der Waals surface area contributed by atoms with Crippen LogP contribution >= 0.6 is 0 Å². The lowest BCUT2D eigenvalue weighted by atomic mass is 10.2. The summed E-state index contributed by atoms with van der Waals surface area (Å²) in [6.45, 7) is 2.06. The van der Waals surface area contributed by atoms with Crippen LogP contribution in [0, 0.1) is 11.8 Å². The van der Waals surface area contributed by atoms with Crippen LogP contribution in [0.5, 0.6) is 0 Å². The predicted octanol–water partition coefficient (Wildman–Crippen LogP) is 2.39. The summed E-state index contributed by atoms with van der Waals surface area (Å²) >= 11 is 0. The number of rotatable bonds is 2. The van der Waals surface area contributed by atoms with Crippen molar-refractivity contribution >= 4 is 0 Å². The normalized spacial score (nSPS) is 8.08. The summed E-state index contributed by atoms with van der Waals surface area (Å²) in [7, 11) is 0. The third kappa shape index (κ3) is 3.82. The second kappa shape index (κ2) is 6.48. The van der Waals surface area contributed by atoms with Crippen LogP contribution in [0.1, 0.15) is 32.9 Å². The minimum Gasteiger partial charge on any atom is -0.348 e. The second-order valence-corrected chi connectivity index (χ2v) is 2.28. The van der Waals surface area contributed by atoms with Gasteiger partial charge in [0.05, 0.1) is 6.33 Å². The molecule has 66 valence electrons. The van der Waals surface area contributed by atoms with Crippen molar-refractivity contribution in [3.63, 3.8) is 0 Å². The number of aromatic nitrogens is 2. The molecular formula is C10H16N2. The van der Waals surface area contributed by atoms with Gasteiger partial charge in [-0.2, -0.15) is 0 Å². The van der Waals surface area contributed by atoms with Gasteiger partial charge in [0.1, 0.15) is 0 Å². The summed E-state index contributed by atoms with van der Waals surface area (Å²) in [5.41, 5.74) is 1.16. The summed E-state index contributed by atoms with van der Waals surface area (Å²) in [4.78, 5) is 6.95. The van der Waals surface area contributed by atoms with Crippen molar-refractivity contribution in [2.75, 3.05) is 0 Å². The first-order chi connectivity index (χ1) is 5.43. The number of imidazole rings is 1. The quantitative estimate of drug-likeness (QED) is 0.668. The second-order valence-electron chi connectivity index (χ2n) is 2.28. The van der Waals surface area contributed by atoms with E-state index in [1.807, 2.05) is 6.20 Å². The molecule has 0 bridgehead atoms. The Kier molecular flexibility index (Phi) is 5.81. The molecule has 0 aliphatic rings. The molecular weight excluding hydrogens is 148 g/mol. The Morgan fingerprint density at radius 1 is 1.50 bits per heavy atom. The summed E-state index contributed by atoms with van der Waals surface area (Å²) in [6, 6.07) is 0. The zero-order chi connectivity index (χ0) is 7.94. The molecule has 0 aliphatic heterocycles. The molecule has 0 fully saturated rings. The molecule has 1 aromatic heterocycles. The van der Waals surface area contributed by atoms with Crippen molar-refractivity contribution in [1.82, 2.24) is 9.97 Å². The van der Waals surface area contributed by atoms with Crippen molar-refractivity contribution in [3.8, 4) is 11.8 Å². The van der Waals surface area contributed by atoms with E-state index in [9.17, 15) is 0 Å². The van der Waals surface area contributed by atoms with Crippen molar-refractivity contribution in [1.29, 1.82) is 0 Å². The van der Waals surface area contributed by atoms with Gasteiger partial charge in [-0.3, -0.25) is 0 Å². The molecule has 0 spiro atoms. The monoisotopic (exact) mass is 164 g/mol. The molecule has 1 aromatic rings. The lowest BCUT2D eigenvalue weighted by molar-refractivity contribution is 0.978. The molecule has 0 radical (unpaired) electrons. The fraction of sp³-hybridized carbons (Fsp3) is 0.500. The van der Waals surface area contributed by atoms with Gasteiger partial charge in [0.25, 0.3) is 0 Å². The van der Waals surface area contributed by atoms with Gasteiger partial charge in [-0.1, -0.05) is 14.4 Å². The van der Waals surface area contributed by atoms with Gasteiger partial charge in [0.2, 0.25) is 0 Å². The van der Waals surface area contributed by atoms with Gasteiger partial charge in [-0.25, -0.2) is 4.98 Å². The van der Waals surface area contributed by atoms with Crippen LogP contribution in [-0.2, 0) is 6.42 Å². The Balaban J connectivity index is 0.00000121. The zero-order valence-corrected chi connectivity index (χ0v) is 6.72. The first-order valence-corrected chi connectivity index (χ1v) is 3.86. The highest BCUT2D eigenvalue weighted by molar-refractivity contribution is 5.03. The number of hydrogen-bond acceptors (Lipinski definition) is 1. The number of nitrogens with one attached hydrogen (secondary N) is 1. The van der Waals surface area contributed by atoms with Crippen molar-refractivity contribution in [2.45, 2.75) is 33.6 Å². The molecule has 0 aromatic carbocycles. The predicted molar refractivity (Wildman–Crippen MR) is 51.7 cm³/mol. The van der Waals surface area contributed by atoms with Crippen LogP contribution in [-0.4, -0.2) is 9.97 Å². The number of aromatic amines is 1. The highest BCUT2D eigenvalue weighted by Crippen LogP contribution is 1.94. The fourth-order valence-corrected chi connectivity index (χ4v) is 0.832. The van der Waals surface area contributed by atoms with E-state index in [0.717, 1.165) is 25.0 Å². The van der Waals surface area contributed by atoms with Crippen LogP contribution in [0.15, 0.2) is 12.5 Å². The molecule has 0 amide bonds. The molecule has 0 unspecified atom stereocenters. The van der Waals surface area contributed by atoms with E-state index < -0.39 is 0 Å². The minimum absolute atomic E-state index is 0. The summed E-state index contributed by atoms with van der Waals surface area (Å²) in [5.74, 6) is 6.10. The Labute approximate surface area is 74.4 Å². The third-order valence-electron chi connectivity index (χ3n) is 1.38. The molecule has 0 atom stereocenters. The SMILES string of the molecule is C.CCC#CCCc1cnc[nH]1. The molecule has 2 heteroatoms. The number of aryl methyl sites for hydroxylation is 1. The maximum atomic E-state index is 3.92. The van der Waals surface area contributed by atoms with Crippen LogP contribution in [0.3, 0.4) is 0 Å². The highest BCUT2D eigenvalue weighted by Gasteiger charge is 1.88. The standard InChI is InChI=1S/C9H12N2.CH4/c1-2-3-4-5-6-9-7-10-8-11-9;/h7-8H,2,5-6H2,1H3,(H,10,11);1H4. The third-order valence-corrected chi connectivity index (χ3v) is 1.38. The van der Waals surface area contributed by atoms with E-state index in [4.69, 9.17) is 0 Å². The maximum absolute atomic E-state index is 3.92. The zero-order valence-electron chi connectivity index (χ0n) is 6.72. The lowest BCUT2D eigenvalue weighted by Crippen LogP contribution is -1.81. The molecule has 1 rings (SSSR count).